The molecular weight excluding hydrogens is 675 g/mol. The summed E-state index contributed by atoms with van der Waals surface area (Å²) in [6.45, 7) is 9.97. The molecule has 3 aromatic carbocycles. The smallest absolute Gasteiger partial charge is 0.338 e. The van der Waals surface area contributed by atoms with Crippen LogP contribution in [-0.2, 0) is 16.1 Å². The molecule has 0 N–H and O–H groups in total. The summed E-state index contributed by atoms with van der Waals surface area (Å²) < 4.78 is 30.8. The second-order valence-electron chi connectivity index (χ2n) is 11.1. The third kappa shape index (κ3) is 7.56. The summed E-state index contributed by atoms with van der Waals surface area (Å²) >= 11 is 13.9. The molecular formula is C36H36Cl2N2O7S. The van der Waals surface area contributed by atoms with Crippen LogP contribution in [0.4, 0.5) is 0 Å². The molecule has 9 nitrogen and oxygen atoms in total. The zero-order chi connectivity index (χ0) is 34.5. The number of thiazole rings is 1. The highest BCUT2D eigenvalue weighted by Crippen LogP contribution is 2.38. The van der Waals surface area contributed by atoms with E-state index in [1.165, 1.54) is 15.9 Å². The molecule has 48 heavy (non-hydrogen) atoms. The van der Waals surface area contributed by atoms with Crippen LogP contribution in [0, 0.1) is 0 Å². The number of nitrogens with zero attached hydrogens (tertiary/aromatic N) is 2. The van der Waals surface area contributed by atoms with Gasteiger partial charge in [0.15, 0.2) is 27.8 Å². The molecule has 0 fully saturated rings. The van der Waals surface area contributed by atoms with Gasteiger partial charge in [-0.25, -0.2) is 9.79 Å². The number of aromatic nitrogens is 1. The second kappa shape index (κ2) is 15.3. The number of esters is 1. The summed E-state index contributed by atoms with van der Waals surface area (Å²) in [6.07, 6.45) is 1.64. The molecule has 0 radical (unpaired) electrons. The summed E-state index contributed by atoms with van der Waals surface area (Å²) in [7, 11) is 1.54. The lowest BCUT2D eigenvalue weighted by molar-refractivity contribution is -0.139. The van der Waals surface area contributed by atoms with Gasteiger partial charge in [0.25, 0.3) is 5.56 Å². The van der Waals surface area contributed by atoms with Crippen molar-refractivity contribution in [3.05, 3.63) is 112 Å². The van der Waals surface area contributed by atoms with E-state index in [1.807, 2.05) is 39.0 Å². The molecule has 1 aromatic heterocycles. The topological polar surface area (TPSA) is 97.6 Å². The van der Waals surface area contributed by atoms with Crippen molar-refractivity contribution in [3.8, 4) is 23.0 Å². The highest BCUT2D eigenvalue weighted by molar-refractivity contribution is 7.07. The first kappa shape index (κ1) is 35.1. The summed E-state index contributed by atoms with van der Waals surface area (Å²) in [5.74, 6) is 1.29. The summed E-state index contributed by atoms with van der Waals surface area (Å²) in [4.78, 5) is 32.6. The number of carbonyl (C=O) groups excluding carboxylic acids is 1. The van der Waals surface area contributed by atoms with Crippen molar-refractivity contribution in [3.63, 3.8) is 0 Å². The molecule has 0 aliphatic carbocycles. The lowest BCUT2D eigenvalue weighted by Gasteiger charge is -2.25. The minimum atomic E-state index is -0.823. The average Bonchev–Trinajstić information content (AvgIpc) is 3.34. The Balaban J connectivity index is 1.60. The Kier molecular flexibility index (Phi) is 11.2. The molecule has 2 heterocycles. The molecule has 5 rings (SSSR count). The maximum Gasteiger partial charge on any atom is 0.338 e. The molecule has 252 valence electrons. The largest absolute Gasteiger partial charge is 0.493 e. The molecule has 1 aliphatic rings. The van der Waals surface area contributed by atoms with Crippen LogP contribution in [0.2, 0.25) is 10.0 Å². The number of hydrogen-bond acceptors (Lipinski definition) is 9. The van der Waals surface area contributed by atoms with Crippen molar-refractivity contribution in [2.75, 3.05) is 20.3 Å². The summed E-state index contributed by atoms with van der Waals surface area (Å²) in [6, 6.07) is 15.4. The average molecular weight is 712 g/mol. The van der Waals surface area contributed by atoms with Crippen LogP contribution < -0.4 is 33.8 Å². The van der Waals surface area contributed by atoms with Crippen LogP contribution in [0.1, 0.15) is 57.4 Å². The molecule has 0 saturated heterocycles. The van der Waals surface area contributed by atoms with E-state index in [2.05, 4.69) is 4.99 Å². The standard InChI is InChI=1S/C36H36Cl2N2O7S/c1-7-44-29-16-23(15-26(38)33(29)46-19-22-9-12-25(37)13-10-22)17-30-34(41)40-32(24-11-14-27(47-20(3)4)28(18-24)43-6)31(35(42)45-8-2)21(5)39-36(40)48-30/h9-18,20,32H,7-8,19H2,1-6H3/b30-17-/t32-/m0/s1. The summed E-state index contributed by atoms with van der Waals surface area (Å²) in [5.41, 5.74) is 2.56. The van der Waals surface area contributed by atoms with Gasteiger partial charge in [0, 0.05) is 5.02 Å². The van der Waals surface area contributed by atoms with E-state index in [-0.39, 0.29) is 30.5 Å². The van der Waals surface area contributed by atoms with Gasteiger partial charge in [-0.15, -0.1) is 0 Å². The van der Waals surface area contributed by atoms with Crippen LogP contribution in [-0.4, -0.2) is 37.0 Å². The minimum absolute atomic E-state index is 0.0829. The van der Waals surface area contributed by atoms with Gasteiger partial charge in [0.05, 0.1) is 53.3 Å². The highest BCUT2D eigenvalue weighted by atomic mass is 35.5. The van der Waals surface area contributed by atoms with Gasteiger partial charge < -0.3 is 23.7 Å². The number of hydrogen-bond donors (Lipinski definition) is 0. The van der Waals surface area contributed by atoms with Gasteiger partial charge in [-0.05, 0) is 93.8 Å². The maximum absolute atomic E-state index is 14.2. The van der Waals surface area contributed by atoms with Crippen molar-refractivity contribution >= 4 is 46.6 Å². The fourth-order valence-electron chi connectivity index (χ4n) is 5.27. The van der Waals surface area contributed by atoms with E-state index in [1.54, 1.807) is 63.4 Å². The number of fused-ring (bicyclic) bond motifs is 1. The van der Waals surface area contributed by atoms with Crippen molar-refractivity contribution < 1.29 is 28.5 Å². The van der Waals surface area contributed by atoms with Crippen molar-refractivity contribution in [2.45, 2.75) is 53.4 Å². The van der Waals surface area contributed by atoms with Gasteiger partial charge in [-0.3, -0.25) is 9.36 Å². The fourth-order valence-corrected chi connectivity index (χ4v) is 6.72. The first-order chi connectivity index (χ1) is 23.0. The molecule has 1 aliphatic heterocycles. The SMILES string of the molecule is CCOC(=O)C1=C(C)N=c2s/c(=C\c3cc(Cl)c(OCc4ccc(Cl)cc4)c(OCC)c3)c(=O)n2[C@H]1c1ccc(OC(C)C)c(OC)c1. The normalized spacial score (nSPS) is 14.4. The Morgan fingerprint density at radius 1 is 1.00 bits per heavy atom. The number of halogens is 2. The Hall–Kier alpha value is -4.25. The van der Waals surface area contributed by atoms with Crippen molar-refractivity contribution in [1.82, 2.24) is 4.57 Å². The molecule has 0 saturated carbocycles. The van der Waals surface area contributed by atoms with E-state index < -0.39 is 12.0 Å². The number of benzene rings is 3. The number of ether oxygens (including phenoxy) is 5. The Morgan fingerprint density at radius 2 is 1.75 bits per heavy atom. The van der Waals surface area contributed by atoms with Crippen molar-refractivity contribution in [1.29, 1.82) is 0 Å². The predicted octanol–water partition coefficient (Wildman–Crippen LogP) is 6.88. The van der Waals surface area contributed by atoms with Gasteiger partial charge in [-0.2, -0.15) is 0 Å². The fraction of sp³-hybridized carbons (Fsp3) is 0.306. The Morgan fingerprint density at radius 3 is 2.42 bits per heavy atom. The molecule has 0 bridgehead atoms. The lowest BCUT2D eigenvalue weighted by atomic mass is 9.95. The van der Waals surface area contributed by atoms with Crippen LogP contribution in [0.15, 0.2) is 75.7 Å². The first-order valence-corrected chi connectivity index (χ1v) is 17.0. The molecule has 12 heteroatoms. The maximum atomic E-state index is 14.2. The lowest BCUT2D eigenvalue weighted by Crippen LogP contribution is -2.40. The number of carbonyl (C=O) groups is 1. The number of methoxy groups -OCH3 is 1. The van der Waals surface area contributed by atoms with E-state index in [0.29, 0.717) is 65.8 Å². The van der Waals surface area contributed by atoms with Gasteiger partial charge in [0.1, 0.15) is 6.61 Å². The zero-order valence-electron chi connectivity index (χ0n) is 27.5. The molecule has 0 unspecified atom stereocenters. The van der Waals surface area contributed by atoms with Gasteiger partial charge >= 0.3 is 5.97 Å². The highest BCUT2D eigenvalue weighted by Gasteiger charge is 2.34. The van der Waals surface area contributed by atoms with E-state index >= 15 is 0 Å². The van der Waals surface area contributed by atoms with Crippen LogP contribution in [0.25, 0.3) is 6.08 Å². The molecule has 0 amide bonds. The molecule has 4 aromatic rings. The van der Waals surface area contributed by atoms with Gasteiger partial charge in [-0.1, -0.05) is 52.7 Å². The molecule has 1 atom stereocenters. The van der Waals surface area contributed by atoms with E-state index in [4.69, 9.17) is 46.9 Å². The van der Waals surface area contributed by atoms with E-state index in [9.17, 15) is 9.59 Å². The second-order valence-corrected chi connectivity index (χ2v) is 12.9. The van der Waals surface area contributed by atoms with E-state index in [0.717, 1.165) is 5.56 Å². The van der Waals surface area contributed by atoms with Crippen LogP contribution >= 0.6 is 34.5 Å². The van der Waals surface area contributed by atoms with Crippen LogP contribution in [0.5, 0.6) is 23.0 Å². The van der Waals surface area contributed by atoms with Crippen LogP contribution in [0.3, 0.4) is 0 Å². The Bertz CT molecular complexity index is 2030. The molecule has 0 spiro atoms. The minimum Gasteiger partial charge on any atom is -0.493 e. The quantitative estimate of drug-likeness (QED) is 0.148. The zero-order valence-corrected chi connectivity index (χ0v) is 29.8. The summed E-state index contributed by atoms with van der Waals surface area (Å²) in [5, 5.41) is 0.956. The first-order valence-electron chi connectivity index (χ1n) is 15.4. The third-order valence-electron chi connectivity index (χ3n) is 7.31. The van der Waals surface area contributed by atoms with Gasteiger partial charge in [0.2, 0.25) is 0 Å². The third-order valence-corrected chi connectivity index (χ3v) is 8.82. The monoisotopic (exact) mass is 710 g/mol. The van der Waals surface area contributed by atoms with Crippen molar-refractivity contribution in [2.24, 2.45) is 4.99 Å². The Labute approximate surface area is 292 Å². The predicted molar refractivity (Wildman–Crippen MR) is 188 cm³/mol. The number of allylic oxidation sites excluding steroid dienone is 1. The number of rotatable bonds is 12.